The maximum Gasteiger partial charge on any atom is 0.193 e. The molecular formula is C19H25FIN3O2S. The monoisotopic (exact) mass is 505 g/mol. The third-order valence-corrected chi connectivity index (χ3v) is 4.27. The lowest BCUT2D eigenvalue weighted by atomic mass is 10.2. The molecule has 0 heterocycles. The molecule has 2 rings (SSSR count). The van der Waals surface area contributed by atoms with Crippen molar-refractivity contribution in [3.8, 4) is 11.5 Å². The number of nitrogens with two attached hydrogens (primary N) is 1. The minimum Gasteiger partial charge on any atom is -0.494 e. The Morgan fingerprint density at radius 2 is 1.81 bits per heavy atom. The second-order valence-electron chi connectivity index (χ2n) is 5.22. The molecule has 148 valence electrons. The molecule has 0 aliphatic carbocycles. The summed E-state index contributed by atoms with van der Waals surface area (Å²) in [6, 6.07) is 11.9. The summed E-state index contributed by atoms with van der Waals surface area (Å²) >= 11 is 1.60. The van der Waals surface area contributed by atoms with E-state index in [-0.39, 0.29) is 29.8 Å². The molecular weight excluding hydrogens is 480 g/mol. The third kappa shape index (κ3) is 8.25. The molecule has 8 heteroatoms. The van der Waals surface area contributed by atoms with Gasteiger partial charge in [0.05, 0.1) is 25.4 Å². The summed E-state index contributed by atoms with van der Waals surface area (Å²) in [4.78, 5) is 5.32. The van der Waals surface area contributed by atoms with Crippen molar-refractivity contribution in [1.82, 2.24) is 0 Å². The molecule has 0 aliphatic heterocycles. The number of nitrogens with one attached hydrogen (secondary N) is 1. The summed E-state index contributed by atoms with van der Waals surface area (Å²) < 4.78 is 24.0. The highest BCUT2D eigenvalue weighted by Gasteiger charge is 2.07. The van der Waals surface area contributed by atoms with Crippen LogP contribution in [0.5, 0.6) is 11.5 Å². The van der Waals surface area contributed by atoms with Crippen LogP contribution in [-0.4, -0.2) is 31.5 Å². The third-order valence-electron chi connectivity index (χ3n) is 3.28. The van der Waals surface area contributed by atoms with Crippen molar-refractivity contribution in [1.29, 1.82) is 0 Å². The number of guanidine groups is 1. The maximum atomic E-state index is 12.9. The van der Waals surface area contributed by atoms with Crippen molar-refractivity contribution in [3.63, 3.8) is 0 Å². The molecule has 2 aromatic rings. The number of thioether (sulfide) groups is 1. The molecule has 0 unspecified atom stereocenters. The summed E-state index contributed by atoms with van der Waals surface area (Å²) in [5.41, 5.74) is 6.69. The second-order valence-corrected chi connectivity index (χ2v) is 6.39. The van der Waals surface area contributed by atoms with Gasteiger partial charge in [-0.15, -0.1) is 35.7 Å². The Morgan fingerprint density at radius 3 is 2.48 bits per heavy atom. The van der Waals surface area contributed by atoms with Crippen molar-refractivity contribution < 1.29 is 13.9 Å². The van der Waals surface area contributed by atoms with Gasteiger partial charge in [0, 0.05) is 16.7 Å². The molecule has 0 saturated heterocycles. The van der Waals surface area contributed by atoms with Gasteiger partial charge in [0.15, 0.2) is 5.96 Å². The molecule has 0 bridgehead atoms. The lowest BCUT2D eigenvalue weighted by Crippen LogP contribution is -2.23. The Labute approximate surface area is 180 Å². The largest absolute Gasteiger partial charge is 0.494 e. The van der Waals surface area contributed by atoms with Crippen LogP contribution in [0.4, 0.5) is 10.1 Å². The van der Waals surface area contributed by atoms with E-state index in [9.17, 15) is 4.39 Å². The van der Waals surface area contributed by atoms with Crippen LogP contribution in [0.2, 0.25) is 0 Å². The molecule has 0 amide bonds. The Kier molecular flexibility index (Phi) is 11.0. The highest BCUT2D eigenvalue weighted by molar-refractivity contribution is 14.0. The van der Waals surface area contributed by atoms with Crippen LogP contribution >= 0.6 is 35.7 Å². The summed E-state index contributed by atoms with van der Waals surface area (Å²) in [6.45, 7) is 5.52. The van der Waals surface area contributed by atoms with Crippen LogP contribution in [0.25, 0.3) is 0 Å². The van der Waals surface area contributed by atoms with E-state index in [2.05, 4.69) is 10.3 Å². The quantitative estimate of drug-likeness (QED) is 0.169. The van der Waals surface area contributed by atoms with Crippen molar-refractivity contribution in [2.75, 3.05) is 30.8 Å². The highest BCUT2D eigenvalue weighted by atomic mass is 127. The van der Waals surface area contributed by atoms with Gasteiger partial charge in [-0.3, -0.25) is 4.99 Å². The van der Waals surface area contributed by atoms with E-state index in [0.717, 1.165) is 16.4 Å². The van der Waals surface area contributed by atoms with E-state index in [1.807, 2.05) is 32.0 Å². The summed E-state index contributed by atoms with van der Waals surface area (Å²) in [6.07, 6.45) is 0. The van der Waals surface area contributed by atoms with Crippen LogP contribution < -0.4 is 20.5 Å². The lowest BCUT2D eigenvalue weighted by Gasteiger charge is -2.14. The number of hydrogen-bond acceptors (Lipinski definition) is 4. The fourth-order valence-electron chi connectivity index (χ4n) is 2.18. The van der Waals surface area contributed by atoms with Gasteiger partial charge in [-0.25, -0.2) is 4.39 Å². The minimum atomic E-state index is -0.236. The maximum absolute atomic E-state index is 12.9. The zero-order chi connectivity index (χ0) is 18.8. The molecule has 0 spiro atoms. The van der Waals surface area contributed by atoms with Crippen LogP contribution in [0, 0.1) is 5.82 Å². The SMILES string of the molecule is CCOc1ccc(OCC)c(NC(N)=NCCSc2ccc(F)cc2)c1.I. The van der Waals surface area contributed by atoms with Crippen molar-refractivity contribution in [2.45, 2.75) is 18.7 Å². The predicted molar refractivity (Wildman–Crippen MR) is 121 cm³/mol. The number of halogens is 2. The van der Waals surface area contributed by atoms with E-state index in [0.29, 0.717) is 37.2 Å². The first-order valence-corrected chi connectivity index (χ1v) is 9.46. The lowest BCUT2D eigenvalue weighted by molar-refractivity contribution is 0.332. The standard InChI is InChI=1S/C19H24FN3O2S.HI/c1-3-24-15-7-10-18(25-4-2)17(13-15)23-19(21)22-11-12-26-16-8-5-14(20)6-9-16;/h5-10,13H,3-4,11-12H2,1-2H3,(H3,21,22,23);1H. The highest BCUT2D eigenvalue weighted by Crippen LogP contribution is 2.29. The van der Waals surface area contributed by atoms with E-state index in [4.69, 9.17) is 15.2 Å². The molecule has 0 saturated carbocycles. The van der Waals surface area contributed by atoms with Gasteiger partial charge >= 0.3 is 0 Å². The van der Waals surface area contributed by atoms with Crippen LogP contribution in [0.3, 0.4) is 0 Å². The van der Waals surface area contributed by atoms with Gasteiger partial charge in [0.1, 0.15) is 17.3 Å². The number of rotatable bonds is 9. The fourth-order valence-corrected chi connectivity index (χ4v) is 2.93. The van der Waals surface area contributed by atoms with Crippen LogP contribution in [0.1, 0.15) is 13.8 Å². The molecule has 0 aromatic heterocycles. The summed E-state index contributed by atoms with van der Waals surface area (Å²) in [7, 11) is 0. The molecule has 0 aliphatic rings. The number of aliphatic imine (C=N–C) groups is 1. The number of ether oxygens (including phenoxy) is 2. The number of hydrogen-bond donors (Lipinski definition) is 2. The topological polar surface area (TPSA) is 68.9 Å². The zero-order valence-corrected chi connectivity index (χ0v) is 18.6. The number of benzene rings is 2. The average molecular weight is 505 g/mol. The fraction of sp³-hybridized carbons (Fsp3) is 0.316. The molecule has 27 heavy (non-hydrogen) atoms. The Morgan fingerprint density at radius 1 is 1.11 bits per heavy atom. The minimum absolute atomic E-state index is 0. The van der Waals surface area contributed by atoms with E-state index >= 15 is 0 Å². The van der Waals surface area contributed by atoms with Crippen molar-refractivity contribution in [3.05, 3.63) is 48.3 Å². The Balaban J connectivity index is 0.00000364. The van der Waals surface area contributed by atoms with Gasteiger partial charge in [-0.2, -0.15) is 0 Å². The normalized spacial score (nSPS) is 10.9. The smallest absolute Gasteiger partial charge is 0.193 e. The molecule has 0 fully saturated rings. The molecule has 0 atom stereocenters. The van der Waals surface area contributed by atoms with Gasteiger partial charge in [-0.05, 0) is 50.2 Å². The van der Waals surface area contributed by atoms with Crippen molar-refractivity contribution >= 4 is 47.4 Å². The first-order valence-electron chi connectivity index (χ1n) is 8.47. The van der Waals surface area contributed by atoms with E-state index < -0.39 is 0 Å². The predicted octanol–water partition coefficient (Wildman–Crippen LogP) is 4.76. The van der Waals surface area contributed by atoms with Gasteiger partial charge in [-0.1, -0.05) is 0 Å². The molecule has 2 aromatic carbocycles. The Hall–Kier alpha value is -1.68. The van der Waals surface area contributed by atoms with E-state index in [1.165, 1.54) is 12.1 Å². The number of nitrogens with zero attached hydrogens (tertiary/aromatic N) is 1. The van der Waals surface area contributed by atoms with Crippen molar-refractivity contribution in [2.24, 2.45) is 10.7 Å². The molecule has 3 N–H and O–H groups in total. The zero-order valence-electron chi connectivity index (χ0n) is 15.4. The number of anilines is 1. The first kappa shape index (κ1) is 23.4. The molecule has 0 radical (unpaired) electrons. The average Bonchev–Trinajstić information content (AvgIpc) is 2.63. The summed E-state index contributed by atoms with van der Waals surface area (Å²) in [5, 5.41) is 3.06. The van der Waals surface area contributed by atoms with Gasteiger partial charge in [0.2, 0.25) is 0 Å². The van der Waals surface area contributed by atoms with Crippen LogP contribution in [0.15, 0.2) is 52.4 Å². The Bertz CT molecular complexity index is 729. The van der Waals surface area contributed by atoms with Crippen LogP contribution in [-0.2, 0) is 0 Å². The second kappa shape index (κ2) is 12.7. The molecule has 5 nitrogen and oxygen atoms in total. The van der Waals surface area contributed by atoms with Gasteiger partial charge < -0.3 is 20.5 Å². The van der Waals surface area contributed by atoms with Gasteiger partial charge in [0.25, 0.3) is 0 Å². The first-order chi connectivity index (χ1) is 12.6. The van der Waals surface area contributed by atoms with E-state index in [1.54, 1.807) is 23.9 Å². The summed E-state index contributed by atoms with van der Waals surface area (Å²) in [5.74, 6) is 2.23.